The zero-order valence-electron chi connectivity index (χ0n) is 15.5. The van der Waals surface area contributed by atoms with Crippen LogP contribution in [0.5, 0.6) is 0 Å². The number of nitrogens with zero attached hydrogens (tertiary/aromatic N) is 3. The molecule has 2 aromatic rings. The first-order valence-corrected chi connectivity index (χ1v) is 9.48. The molecule has 1 aromatic heterocycles. The molecule has 1 aliphatic heterocycles. The van der Waals surface area contributed by atoms with Crippen LogP contribution in [0, 0.1) is 6.92 Å². The second kappa shape index (κ2) is 8.90. The van der Waals surface area contributed by atoms with E-state index in [1.807, 2.05) is 44.2 Å². The highest BCUT2D eigenvalue weighted by molar-refractivity contribution is 6.30. The van der Waals surface area contributed by atoms with Crippen molar-refractivity contribution < 1.29 is 9.53 Å². The molecule has 0 saturated carbocycles. The van der Waals surface area contributed by atoms with E-state index in [-0.39, 0.29) is 12.1 Å². The Balaban J connectivity index is 1.61. The van der Waals surface area contributed by atoms with Crippen molar-refractivity contribution in [3.8, 4) is 0 Å². The summed E-state index contributed by atoms with van der Waals surface area (Å²) in [5.74, 6) is 1.28. The molecule has 1 amide bonds. The van der Waals surface area contributed by atoms with Gasteiger partial charge in [0, 0.05) is 41.6 Å². The number of nitrogens with one attached hydrogen (secondary N) is 2. The van der Waals surface area contributed by atoms with Crippen molar-refractivity contribution in [3.05, 3.63) is 41.0 Å². The van der Waals surface area contributed by atoms with Crippen LogP contribution in [0.25, 0.3) is 0 Å². The Morgan fingerprint density at radius 2 is 2.07 bits per heavy atom. The molecule has 1 aromatic carbocycles. The van der Waals surface area contributed by atoms with E-state index in [0.717, 1.165) is 30.0 Å². The van der Waals surface area contributed by atoms with Crippen molar-refractivity contribution in [2.75, 3.05) is 30.3 Å². The van der Waals surface area contributed by atoms with Crippen LogP contribution in [0.1, 0.15) is 25.5 Å². The minimum atomic E-state index is -0.234. The molecule has 1 fully saturated rings. The van der Waals surface area contributed by atoms with Gasteiger partial charge in [-0.15, -0.1) is 0 Å². The maximum Gasteiger partial charge on any atom is 0.409 e. The number of ether oxygens (including phenoxy) is 1. The molecule has 0 aliphatic carbocycles. The monoisotopic (exact) mass is 389 g/mol. The summed E-state index contributed by atoms with van der Waals surface area (Å²) in [5.41, 5.74) is 1.70. The molecule has 1 aliphatic rings. The predicted molar refractivity (Wildman–Crippen MR) is 107 cm³/mol. The van der Waals surface area contributed by atoms with Gasteiger partial charge < -0.3 is 20.3 Å². The van der Waals surface area contributed by atoms with Gasteiger partial charge in [0.15, 0.2) is 0 Å². The van der Waals surface area contributed by atoms with E-state index >= 15 is 0 Å². The maximum atomic E-state index is 11.8. The lowest BCUT2D eigenvalue weighted by atomic mass is 10.1. The molecule has 8 heteroatoms. The van der Waals surface area contributed by atoms with Crippen LogP contribution in [-0.4, -0.2) is 46.7 Å². The molecule has 27 heavy (non-hydrogen) atoms. The fourth-order valence-electron chi connectivity index (χ4n) is 3.02. The van der Waals surface area contributed by atoms with Crippen molar-refractivity contribution in [2.45, 2.75) is 32.7 Å². The van der Waals surface area contributed by atoms with Crippen molar-refractivity contribution in [2.24, 2.45) is 0 Å². The summed E-state index contributed by atoms with van der Waals surface area (Å²) in [5, 5.41) is 7.29. The molecular formula is C19H24ClN5O2. The molecule has 2 N–H and O–H groups in total. The standard InChI is InChI=1S/C19H24ClN5O2/c1-3-27-19(26)25-9-7-15(8-10-25)22-17-11-13(2)21-18(24-17)23-16-6-4-5-14(20)12-16/h4-6,11-12,15H,3,7-10H2,1-2H3,(H2,21,22,23,24). The summed E-state index contributed by atoms with van der Waals surface area (Å²) in [6, 6.07) is 9.60. The fourth-order valence-corrected chi connectivity index (χ4v) is 3.21. The minimum Gasteiger partial charge on any atom is -0.450 e. The number of amides is 1. The van der Waals surface area contributed by atoms with Crippen LogP contribution >= 0.6 is 11.6 Å². The van der Waals surface area contributed by atoms with Gasteiger partial charge in [0.25, 0.3) is 0 Å². The van der Waals surface area contributed by atoms with Gasteiger partial charge in [-0.2, -0.15) is 4.98 Å². The van der Waals surface area contributed by atoms with Crippen molar-refractivity contribution in [1.29, 1.82) is 0 Å². The average Bonchev–Trinajstić information content (AvgIpc) is 2.62. The first-order valence-electron chi connectivity index (χ1n) is 9.10. The lowest BCUT2D eigenvalue weighted by Gasteiger charge is -2.31. The molecule has 0 radical (unpaired) electrons. The predicted octanol–water partition coefficient (Wildman–Crippen LogP) is 4.21. The van der Waals surface area contributed by atoms with Crippen LogP contribution in [0.15, 0.2) is 30.3 Å². The second-order valence-electron chi connectivity index (χ2n) is 6.46. The van der Waals surface area contributed by atoms with Crippen LogP contribution in [0.3, 0.4) is 0 Å². The third-order valence-corrected chi connectivity index (χ3v) is 4.54. The van der Waals surface area contributed by atoms with Crippen molar-refractivity contribution in [3.63, 3.8) is 0 Å². The first-order chi connectivity index (χ1) is 13.0. The Hall–Kier alpha value is -2.54. The average molecular weight is 390 g/mol. The Labute approximate surface area is 164 Å². The smallest absolute Gasteiger partial charge is 0.409 e. The summed E-state index contributed by atoms with van der Waals surface area (Å²) in [4.78, 5) is 22.5. The number of carbonyl (C=O) groups is 1. The zero-order chi connectivity index (χ0) is 19.2. The number of aryl methyl sites for hydroxylation is 1. The highest BCUT2D eigenvalue weighted by Gasteiger charge is 2.23. The molecule has 0 bridgehead atoms. The number of piperidine rings is 1. The Morgan fingerprint density at radius 3 is 2.78 bits per heavy atom. The molecule has 0 unspecified atom stereocenters. The summed E-state index contributed by atoms with van der Waals surface area (Å²) in [6.07, 6.45) is 1.46. The SMILES string of the molecule is CCOC(=O)N1CCC(Nc2cc(C)nc(Nc3cccc(Cl)c3)n2)CC1. The summed E-state index contributed by atoms with van der Waals surface area (Å²) < 4.78 is 5.06. The topological polar surface area (TPSA) is 79.4 Å². The summed E-state index contributed by atoms with van der Waals surface area (Å²) >= 11 is 6.03. The molecule has 3 rings (SSSR count). The van der Waals surface area contributed by atoms with Crippen LogP contribution in [-0.2, 0) is 4.74 Å². The first kappa shape index (κ1) is 19.2. The second-order valence-corrected chi connectivity index (χ2v) is 6.89. The van der Waals surface area contributed by atoms with Gasteiger partial charge >= 0.3 is 6.09 Å². The molecular weight excluding hydrogens is 366 g/mol. The highest BCUT2D eigenvalue weighted by atomic mass is 35.5. The van der Waals surface area contributed by atoms with E-state index in [0.29, 0.717) is 30.7 Å². The summed E-state index contributed by atoms with van der Waals surface area (Å²) in [6.45, 7) is 5.50. The lowest BCUT2D eigenvalue weighted by molar-refractivity contribution is 0.0983. The maximum absolute atomic E-state index is 11.8. The van der Waals surface area contributed by atoms with E-state index in [1.54, 1.807) is 4.90 Å². The third kappa shape index (κ3) is 5.47. The Kier molecular flexibility index (Phi) is 6.34. The number of aromatic nitrogens is 2. The van der Waals surface area contributed by atoms with Crippen LogP contribution < -0.4 is 10.6 Å². The fraction of sp³-hybridized carbons (Fsp3) is 0.421. The van der Waals surface area contributed by atoms with Gasteiger partial charge in [0.05, 0.1) is 6.61 Å². The van der Waals surface area contributed by atoms with E-state index in [4.69, 9.17) is 16.3 Å². The van der Waals surface area contributed by atoms with E-state index in [1.165, 1.54) is 0 Å². The number of benzene rings is 1. The number of likely N-dealkylation sites (tertiary alicyclic amines) is 1. The number of carbonyl (C=O) groups excluding carboxylic acids is 1. The number of rotatable bonds is 5. The van der Waals surface area contributed by atoms with Crippen molar-refractivity contribution >= 4 is 35.1 Å². The normalized spacial score (nSPS) is 14.7. The van der Waals surface area contributed by atoms with Gasteiger partial charge in [-0.05, 0) is 44.9 Å². The van der Waals surface area contributed by atoms with Gasteiger partial charge in [-0.1, -0.05) is 17.7 Å². The van der Waals surface area contributed by atoms with Crippen molar-refractivity contribution in [1.82, 2.24) is 14.9 Å². The molecule has 0 spiro atoms. The molecule has 7 nitrogen and oxygen atoms in total. The molecule has 0 atom stereocenters. The van der Waals surface area contributed by atoms with Crippen LogP contribution in [0.2, 0.25) is 5.02 Å². The van der Waals surface area contributed by atoms with Gasteiger partial charge in [0.2, 0.25) is 5.95 Å². The number of halogens is 1. The van der Waals surface area contributed by atoms with E-state index in [9.17, 15) is 4.79 Å². The zero-order valence-corrected chi connectivity index (χ0v) is 16.3. The van der Waals surface area contributed by atoms with Crippen LogP contribution in [0.4, 0.5) is 22.2 Å². The van der Waals surface area contributed by atoms with Gasteiger partial charge in [0.1, 0.15) is 5.82 Å². The molecule has 1 saturated heterocycles. The van der Waals surface area contributed by atoms with E-state index in [2.05, 4.69) is 20.6 Å². The number of anilines is 3. The summed E-state index contributed by atoms with van der Waals surface area (Å²) in [7, 11) is 0. The lowest BCUT2D eigenvalue weighted by Crippen LogP contribution is -2.42. The van der Waals surface area contributed by atoms with Gasteiger partial charge in [-0.3, -0.25) is 0 Å². The quantitative estimate of drug-likeness (QED) is 0.797. The number of hydrogen-bond acceptors (Lipinski definition) is 6. The Bertz CT molecular complexity index is 793. The van der Waals surface area contributed by atoms with E-state index < -0.39 is 0 Å². The minimum absolute atomic E-state index is 0.234. The molecule has 2 heterocycles. The largest absolute Gasteiger partial charge is 0.450 e. The highest BCUT2D eigenvalue weighted by Crippen LogP contribution is 2.21. The number of hydrogen-bond donors (Lipinski definition) is 2. The third-order valence-electron chi connectivity index (χ3n) is 4.31. The van der Waals surface area contributed by atoms with Gasteiger partial charge in [-0.25, -0.2) is 9.78 Å². The Morgan fingerprint density at radius 1 is 1.30 bits per heavy atom. The molecule has 144 valence electrons.